The van der Waals surface area contributed by atoms with Gasteiger partial charge in [0.15, 0.2) is 0 Å². The summed E-state index contributed by atoms with van der Waals surface area (Å²) in [5.74, 6) is 3.98. The fraction of sp³-hybridized carbons (Fsp3) is 0.714. The first-order valence-corrected chi connectivity index (χ1v) is 10.6. The zero-order chi connectivity index (χ0) is 16.9. The molecule has 2 nitrogen and oxygen atoms in total. The zero-order valence-corrected chi connectivity index (χ0v) is 17.2. The van der Waals surface area contributed by atoms with E-state index >= 15 is 0 Å². The maximum atomic E-state index is 6.12. The van der Waals surface area contributed by atoms with Crippen LogP contribution in [0.15, 0.2) is 24.3 Å². The quantitative estimate of drug-likeness (QED) is 0.314. The number of alkyl halides is 1. The molecular formula is C21H29IO2. The standard InChI is InChI=1S/C21H29IO2/c1-4-13(11-21(2,3)22)14-5-7-17(8-6-14)23-12-16-9-15-10-18(16)20-19(15)24-20/h5-8,13,15-16,18-20H,4,9-12H2,1-3H3. The Morgan fingerprint density at radius 2 is 1.96 bits per heavy atom. The maximum Gasteiger partial charge on any atom is 0.119 e. The van der Waals surface area contributed by atoms with Crippen molar-refractivity contribution in [3.05, 3.63) is 29.8 Å². The average molecular weight is 440 g/mol. The molecule has 2 saturated carbocycles. The summed E-state index contributed by atoms with van der Waals surface area (Å²) in [6.45, 7) is 7.79. The molecular weight excluding hydrogens is 411 g/mol. The van der Waals surface area contributed by atoms with E-state index < -0.39 is 0 Å². The van der Waals surface area contributed by atoms with E-state index in [4.69, 9.17) is 9.47 Å². The van der Waals surface area contributed by atoms with Crippen LogP contribution in [0, 0.1) is 17.8 Å². The second-order valence-corrected chi connectivity index (χ2v) is 11.5. The maximum absolute atomic E-state index is 6.12. The minimum absolute atomic E-state index is 0.345. The number of halogens is 1. The lowest BCUT2D eigenvalue weighted by Gasteiger charge is -2.24. The molecule has 6 atom stereocenters. The van der Waals surface area contributed by atoms with Crippen molar-refractivity contribution < 1.29 is 9.47 Å². The lowest BCUT2D eigenvalue weighted by molar-refractivity contribution is 0.189. The second kappa shape index (κ2) is 6.46. The molecule has 1 heterocycles. The summed E-state index contributed by atoms with van der Waals surface area (Å²) in [6, 6.07) is 8.88. The van der Waals surface area contributed by atoms with Gasteiger partial charge < -0.3 is 9.47 Å². The molecule has 3 aliphatic rings. The zero-order valence-electron chi connectivity index (χ0n) is 15.0. The molecule has 0 radical (unpaired) electrons. The van der Waals surface area contributed by atoms with Crippen molar-refractivity contribution in [2.24, 2.45) is 17.8 Å². The molecule has 0 aromatic heterocycles. The summed E-state index contributed by atoms with van der Waals surface area (Å²) in [5.41, 5.74) is 1.45. The molecule has 0 spiro atoms. The lowest BCUT2D eigenvalue weighted by Crippen LogP contribution is -2.23. The summed E-state index contributed by atoms with van der Waals surface area (Å²) in [7, 11) is 0. The molecule has 3 fully saturated rings. The van der Waals surface area contributed by atoms with Gasteiger partial charge in [-0.1, -0.05) is 55.5 Å². The third-order valence-electron chi connectivity index (χ3n) is 6.27. The van der Waals surface area contributed by atoms with Gasteiger partial charge in [-0.2, -0.15) is 0 Å². The van der Waals surface area contributed by atoms with Crippen LogP contribution in [0.1, 0.15) is 57.9 Å². The number of rotatable bonds is 7. The van der Waals surface area contributed by atoms with Gasteiger partial charge in [-0.3, -0.25) is 0 Å². The van der Waals surface area contributed by atoms with E-state index in [2.05, 4.69) is 67.6 Å². The largest absolute Gasteiger partial charge is 0.493 e. The summed E-state index contributed by atoms with van der Waals surface area (Å²) >= 11 is 2.56. The molecule has 2 bridgehead atoms. The van der Waals surface area contributed by atoms with Crippen molar-refractivity contribution in [1.29, 1.82) is 0 Å². The van der Waals surface area contributed by atoms with Crippen molar-refractivity contribution in [1.82, 2.24) is 0 Å². The Balaban J connectivity index is 1.32. The van der Waals surface area contributed by atoms with Gasteiger partial charge in [0.25, 0.3) is 0 Å². The topological polar surface area (TPSA) is 21.8 Å². The Labute approximate surface area is 159 Å². The molecule has 24 heavy (non-hydrogen) atoms. The highest BCUT2D eigenvalue weighted by atomic mass is 127. The summed E-state index contributed by atoms with van der Waals surface area (Å²) in [4.78, 5) is 0. The predicted octanol–water partition coefficient (Wildman–Crippen LogP) is 5.59. The normalized spacial score (nSPS) is 34.9. The minimum atomic E-state index is 0.345. The van der Waals surface area contributed by atoms with E-state index in [1.807, 2.05) is 0 Å². The van der Waals surface area contributed by atoms with Crippen LogP contribution in [0.4, 0.5) is 0 Å². The molecule has 0 N–H and O–H groups in total. The molecule has 0 amide bonds. The van der Waals surface area contributed by atoms with E-state index in [0.29, 0.717) is 27.5 Å². The van der Waals surface area contributed by atoms with Crippen molar-refractivity contribution in [2.75, 3.05) is 6.61 Å². The van der Waals surface area contributed by atoms with E-state index in [1.165, 1.54) is 31.2 Å². The van der Waals surface area contributed by atoms with Crippen LogP contribution < -0.4 is 4.74 Å². The fourth-order valence-corrected chi connectivity index (χ4v) is 5.58. The van der Waals surface area contributed by atoms with Gasteiger partial charge in [0.1, 0.15) is 5.75 Å². The van der Waals surface area contributed by atoms with Gasteiger partial charge >= 0.3 is 0 Å². The smallest absolute Gasteiger partial charge is 0.119 e. The Bertz CT molecular complexity index is 576. The molecule has 1 aliphatic heterocycles. The summed E-state index contributed by atoms with van der Waals surface area (Å²) in [6.07, 6.45) is 6.32. The minimum Gasteiger partial charge on any atom is -0.493 e. The highest BCUT2D eigenvalue weighted by molar-refractivity contribution is 14.1. The van der Waals surface area contributed by atoms with Crippen molar-refractivity contribution >= 4 is 22.6 Å². The van der Waals surface area contributed by atoms with Gasteiger partial charge in [0, 0.05) is 3.42 Å². The molecule has 6 unspecified atom stereocenters. The van der Waals surface area contributed by atoms with Crippen LogP contribution in [0.3, 0.4) is 0 Å². The van der Waals surface area contributed by atoms with E-state index in [1.54, 1.807) is 0 Å². The van der Waals surface area contributed by atoms with Crippen LogP contribution in [0.2, 0.25) is 0 Å². The highest BCUT2D eigenvalue weighted by Gasteiger charge is 2.63. The van der Waals surface area contributed by atoms with Gasteiger partial charge in [-0.05, 0) is 67.1 Å². The third-order valence-corrected chi connectivity index (χ3v) is 6.71. The molecule has 3 heteroatoms. The van der Waals surface area contributed by atoms with Gasteiger partial charge in [-0.15, -0.1) is 0 Å². The molecule has 1 aromatic carbocycles. The molecule has 1 saturated heterocycles. The Hall–Kier alpha value is -0.290. The van der Waals surface area contributed by atoms with Crippen LogP contribution >= 0.6 is 22.6 Å². The highest BCUT2D eigenvalue weighted by Crippen LogP contribution is 2.58. The molecule has 4 rings (SSSR count). The number of benzene rings is 1. The Morgan fingerprint density at radius 1 is 1.21 bits per heavy atom. The number of fused-ring (bicyclic) bond motifs is 5. The first-order chi connectivity index (χ1) is 11.4. The lowest BCUT2D eigenvalue weighted by atomic mass is 9.88. The number of ether oxygens (including phenoxy) is 2. The van der Waals surface area contributed by atoms with Crippen molar-refractivity contribution in [3.63, 3.8) is 0 Å². The van der Waals surface area contributed by atoms with Crippen molar-refractivity contribution in [2.45, 2.75) is 68.0 Å². The second-order valence-electron chi connectivity index (χ2n) is 8.63. The van der Waals surface area contributed by atoms with Crippen LogP contribution in [-0.2, 0) is 4.74 Å². The number of hydrogen-bond acceptors (Lipinski definition) is 2. The number of hydrogen-bond donors (Lipinski definition) is 0. The van der Waals surface area contributed by atoms with Crippen LogP contribution in [0.5, 0.6) is 5.75 Å². The predicted molar refractivity (Wildman–Crippen MR) is 106 cm³/mol. The SMILES string of the molecule is CCC(CC(C)(C)I)c1ccc(OCC2CC3CC2C2OC32)cc1. The first-order valence-electron chi connectivity index (χ1n) is 9.51. The average Bonchev–Trinajstić information content (AvgIpc) is 3.16. The van der Waals surface area contributed by atoms with Crippen LogP contribution in [-0.4, -0.2) is 22.2 Å². The molecule has 1 aromatic rings. The van der Waals surface area contributed by atoms with E-state index in [-0.39, 0.29) is 0 Å². The Kier molecular flexibility index (Phi) is 4.61. The monoisotopic (exact) mass is 440 g/mol. The van der Waals surface area contributed by atoms with Crippen molar-refractivity contribution in [3.8, 4) is 5.75 Å². The third kappa shape index (κ3) is 3.48. The number of epoxide rings is 1. The molecule has 132 valence electrons. The molecule has 2 aliphatic carbocycles. The summed E-state index contributed by atoms with van der Waals surface area (Å²) < 4.78 is 12.2. The van der Waals surface area contributed by atoms with E-state index in [0.717, 1.165) is 24.2 Å². The summed E-state index contributed by atoms with van der Waals surface area (Å²) in [5, 5.41) is 0. The van der Waals surface area contributed by atoms with E-state index in [9.17, 15) is 0 Å². The van der Waals surface area contributed by atoms with Gasteiger partial charge in [-0.25, -0.2) is 0 Å². The Morgan fingerprint density at radius 3 is 2.54 bits per heavy atom. The van der Waals surface area contributed by atoms with Crippen LogP contribution in [0.25, 0.3) is 0 Å². The first kappa shape index (κ1) is 17.1. The fourth-order valence-electron chi connectivity index (χ4n) is 5.05. The van der Waals surface area contributed by atoms with Gasteiger partial charge in [0.2, 0.25) is 0 Å². The van der Waals surface area contributed by atoms with Gasteiger partial charge in [0.05, 0.1) is 18.8 Å².